The van der Waals surface area contributed by atoms with Crippen molar-refractivity contribution in [3.63, 3.8) is 0 Å². The Kier molecular flexibility index (Phi) is 12.8. The fourth-order valence-corrected chi connectivity index (χ4v) is 3.57. The molecule has 0 heterocycles. The quantitative estimate of drug-likeness (QED) is 0.0896. The number of nitrogens with one attached hydrogen (secondary N) is 1. The first kappa shape index (κ1) is 31.6. The van der Waals surface area contributed by atoms with E-state index in [1.54, 1.807) is 48.7 Å². The van der Waals surface area contributed by atoms with Crippen LogP contribution in [0, 0.1) is 0 Å². The zero-order valence-corrected chi connectivity index (χ0v) is 23.7. The van der Waals surface area contributed by atoms with E-state index >= 15 is 0 Å². The van der Waals surface area contributed by atoms with Crippen LogP contribution in [0.4, 0.5) is 11.4 Å². The summed E-state index contributed by atoms with van der Waals surface area (Å²) in [5.41, 5.74) is 2.37. The van der Waals surface area contributed by atoms with Crippen LogP contribution in [0.25, 0.3) is 0 Å². The first-order valence-electron chi connectivity index (χ1n) is 13.1. The van der Waals surface area contributed by atoms with Crippen LogP contribution in [-0.4, -0.2) is 50.5 Å². The van der Waals surface area contributed by atoms with Crippen LogP contribution in [0.3, 0.4) is 0 Å². The summed E-state index contributed by atoms with van der Waals surface area (Å²) in [4.78, 5) is 39.2. The third-order valence-corrected chi connectivity index (χ3v) is 5.81. The highest BCUT2D eigenvalue weighted by molar-refractivity contribution is 6.34. The van der Waals surface area contributed by atoms with Crippen molar-refractivity contribution in [2.45, 2.75) is 12.8 Å². The van der Waals surface area contributed by atoms with Crippen molar-refractivity contribution in [1.82, 2.24) is 0 Å². The molecule has 42 heavy (non-hydrogen) atoms. The van der Waals surface area contributed by atoms with Crippen LogP contribution >= 0.6 is 11.6 Å². The number of esters is 2. The van der Waals surface area contributed by atoms with Crippen LogP contribution in [0.1, 0.15) is 28.8 Å². The van der Waals surface area contributed by atoms with E-state index in [4.69, 9.17) is 30.5 Å². The molecule has 10 heteroatoms. The van der Waals surface area contributed by atoms with Gasteiger partial charge in [-0.25, -0.2) is 9.59 Å². The number of ether oxygens (including phenoxy) is 4. The summed E-state index contributed by atoms with van der Waals surface area (Å²) in [5, 5.41) is 3.14. The molecule has 0 aliphatic heterocycles. The number of anilines is 1. The molecule has 218 valence electrons. The average molecular weight is 591 g/mol. The second kappa shape index (κ2) is 17.0. The normalized spacial score (nSPS) is 10.5. The molecule has 9 nitrogen and oxygen atoms in total. The van der Waals surface area contributed by atoms with Crippen molar-refractivity contribution in [2.24, 2.45) is 4.99 Å². The van der Waals surface area contributed by atoms with Gasteiger partial charge in [0.2, 0.25) is 0 Å². The molecule has 0 aromatic heterocycles. The molecule has 3 rings (SSSR count). The second-order valence-corrected chi connectivity index (χ2v) is 9.02. The molecular weight excluding hydrogens is 560 g/mol. The highest BCUT2D eigenvalue weighted by atomic mass is 35.5. The van der Waals surface area contributed by atoms with Crippen molar-refractivity contribution in [1.29, 1.82) is 0 Å². The molecule has 0 aliphatic rings. The third kappa shape index (κ3) is 10.9. The maximum Gasteiger partial charge on any atom is 0.330 e. The van der Waals surface area contributed by atoms with E-state index in [9.17, 15) is 14.4 Å². The Hall–Kier alpha value is -4.89. The van der Waals surface area contributed by atoms with Crippen molar-refractivity contribution in [2.75, 3.05) is 31.7 Å². The summed E-state index contributed by atoms with van der Waals surface area (Å²) in [6.45, 7) is 7.95. The minimum atomic E-state index is -0.471. The van der Waals surface area contributed by atoms with Gasteiger partial charge >= 0.3 is 11.9 Å². The van der Waals surface area contributed by atoms with Gasteiger partial charge < -0.3 is 24.3 Å². The van der Waals surface area contributed by atoms with E-state index in [0.29, 0.717) is 59.5 Å². The highest BCUT2D eigenvalue weighted by Gasteiger charge is 2.10. The number of benzene rings is 3. The summed E-state index contributed by atoms with van der Waals surface area (Å²) in [6, 6.07) is 19.1. The van der Waals surface area contributed by atoms with E-state index in [1.165, 1.54) is 0 Å². The Morgan fingerprint density at radius 2 is 1.31 bits per heavy atom. The SMILES string of the molecule is C=CC(=O)OCCCOc1ccc(C=Nc2ccc(NC(=O)c3ccc(OCCCOC(=O)C=C)cc3)c(Cl)c2)cc1. The van der Waals surface area contributed by atoms with Crippen LogP contribution < -0.4 is 14.8 Å². The number of carbonyl (C=O) groups is 3. The first-order valence-corrected chi connectivity index (χ1v) is 13.4. The minimum Gasteiger partial charge on any atom is -0.493 e. The Morgan fingerprint density at radius 1 is 0.762 bits per heavy atom. The fraction of sp³-hybridized carbons (Fsp3) is 0.188. The van der Waals surface area contributed by atoms with Crippen LogP contribution in [0.2, 0.25) is 5.02 Å². The zero-order chi connectivity index (χ0) is 30.2. The number of amides is 1. The molecule has 0 saturated heterocycles. The monoisotopic (exact) mass is 590 g/mol. The molecule has 0 spiro atoms. The summed E-state index contributed by atoms with van der Waals surface area (Å²) in [5.74, 6) is 0.0363. The fourth-order valence-electron chi connectivity index (χ4n) is 3.34. The van der Waals surface area contributed by atoms with Gasteiger partial charge in [-0.1, -0.05) is 24.8 Å². The molecule has 0 radical (unpaired) electrons. The number of halogens is 1. The molecule has 0 fully saturated rings. The number of carbonyl (C=O) groups excluding carboxylic acids is 3. The molecule has 1 amide bonds. The van der Waals surface area contributed by atoms with E-state index < -0.39 is 11.9 Å². The smallest absolute Gasteiger partial charge is 0.330 e. The van der Waals surface area contributed by atoms with Gasteiger partial charge in [0.05, 0.1) is 42.8 Å². The summed E-state index contributed by atoms with van der Waals surface area (Å²) in [7, 11) is 0. The maximum absolute atomic E-state index is 12.7. The van der Waals surface area contributed by atoms with E-state index in [2.05, 4.69) is 23.5 Å². The lowest BCUT2D eigenvalue weighted by Gasteiger charge is -2.09. The number of aliphatic imine (C=N–C) groups is 1. The van der Waals surface area contributed by atoms with E-state index in [-0.39, 0.29) is 19.1 Å². The van der Waals surface area contributed by atoms with Gasteiger partial charge in [-0.3, -0.25) is 9.79 Å². The predicted molar refractivity (Wildman–Crippen MR) is 162 cm³/mol. The highest BCUT2D eigenvalue weighted by Crippen LogP contribution is 2.28. The Labute approximate surface area is 249 Å². The molecule has 0 atom stereocenters. The maximum atomic E-state index is 12.7. The summed E-state index contributed by atoms with van der Waals surface area (Å²) < 4.78 is 21.0. The lowest BCUT2D eigenvalue weighted by molar-refractivity contribution is -0.138. The molecule has 0 unspecified atom stereocenters. The van der Waals surface area contributed by atoms with Gasteiger partial charge in [-0.15, -0.1) is 0 Å². The van der Waals surface area contributed by atoms with Crippen molar-refractivity contribution in [3.05, 3.63) is 108 Å². The summed E-state index contributed by atoms with van der Waals surface area (Å²) >= 11 is 6.40. The summed E-state index contributed by atoms with van der Waals surface area (Å²) in [6.07, 6.45) is 5.03. The van der Waals surface area contributed by atoms with Crippen molar-refractivity contribution in [3.8, 4) is 11.5 Å². The average Bonchev–Trinajstić information content (AvgIpc) is 3.01. The zero-order valence-electron chi connectivity index (χ0n) is 22.9. The topological polar surface area (TPSA) is 113 Å². The lowest BCUT2D eigenvalue weighted by atomic mass is 10.2. The van der Waals surface area contributed by atoms with Gasteiger partial charge in [0.25, 0.3) is 5.91 Å². The number of hydrogen-bond donors (Lipinski definition) is 1. The molecule has 3 aromatic carbocycles. The van der Waals surface area contributed by atoms with Gasteiger partial charge in [0.1, 0.15) is 11.5 Å². The van der Waals surface area contributed by atoms with Gasteiger partial charge in [-0.2, -0.15) is 0 Å². The standard InChI is InChI=1S/C32H31ClN2O7/c1-3-30(36)41-19-5-17-39-26-12-7-23(8-13-26)22-34-25-11-16-29(28(33)21-25)35-32(38)24-9-14-27(15-10-24)40-18-6-20-42-31(37)4-2/h3-4,7-16,21-22H,1-2,5-6,17-20H2,(H,35,38). The van der Waals surface area contributed by atoms with Crippen LogP contribution in [-0.2, 0) is 19.1 Å². The molecule has 0 saturated carbocycles. The predicted octanol–water partition coefficient (Wildman–Crippen LogP) is 6.34. The Bertz CT molecular complexity index is 1400. The largest absolute Gasteiger partial charge is 0.493 e. The number of hydrogen-bond acceptors (Lipinski definition) is 8. The molecule has 1 N–H and O–H groups in total. The number of rotatable bonds is 16. The number of nitrogens with zero attached hydrogens (tertiary/aromatic N) is 1. The van der Waals surface area contributed by atoms with Gasteiger partial charge in [0.15, 0.2) is 0 Å². The third-order valence-electron chi connectivity index (χ3n) is 5.50. The second-order valence-electron chi connectivity index (χ2n) is 8.62. The molecule has 3 aromatic rings. The van der Waals surface area contributed by atoms with E-state index in [0.717, 1.165) is 17.7 Å². The van der Waals surface area contributed by atoms with Crippen molar-refractivity contribution < 1.29 is 33.3 Å². The first-order chi connectivity index (χ1) is 20.4. The minimum absolute atomic E-state index is 0.235. The van der Waals surface area contributed by atoms with Crippen LogP contribution in [0.15, 0.2) is 97.0 Å². The van der Waals surface area contributed by atoms with Crippen LogP contribution in [0.5, 0.6) is 11.5 Å². The molecule has 0 aliphatic carbocycles. The molecule has 0 bridgehead atoms. The van der Waals surface area contributed by atoms with E-state index in [1.807, 2.05) is 24.3 Å². The molecular formula is C32H31ClN2O7. The lowest BCUT2D eigenvalue weighted by Crippen LogP contribution is -2.12. The van der Waals surface area contributed by atoms with Gasteiger partial charge in [-0.05, 0) is 72.3 Å². The Balaban J connectivity index is 1.45. The van der Waals surface area contributed by atoms with Gasteiger partial charge in [0, 0.05) is 36.8 Å². The Morgan fingerprint density at radius 3 is 1.83 bits per heavy atom. The van der Waals surface area contributed by atoms with Crippen molar-refractivity contribution >= 4 is 47.0 Å².